The summed E-state index contributed by atoms with van der Waals surface area (Å²) >= 11 is 1.35. The molecule has 0 bridgehead atoms. The minimum Gasteiger partial charge on any atom is -0.308 e. The number of nitrogens with one attached hydrogen (secondary N) is 2. The predicted octanol–water partition coefficient (Wildman–Crippen LogP) is 5.53. The van der Waals surface area contributed by atoms with Crippen LogP contribution in [0.15, 0.2) is 66.7 Å². The smallest absolute Gasteiger partial charge is 0.308 e. The highest BCUT2D eigenvalue weighted by atomic mass is 32.2. The highest BCUT2D eigenvalue weighted by Gasteiger charge is 2.35. The van der Waals surface area contributed by atoms with Crippen LogP contribution in [-0.2, 0) is 4.79 Å². The molecule has 1 aliphatic rings. The maximum atomic E-state index is 14.3. The summed E-state index contributed by atoms with van der Waals surface area (Å²) in [4.78, 5) is 26.1. The van der Waals surface area contributed by atoms with Gasteiger partial charge in [-0.25, -0.2) is 18.0 Å². The number of thioether (sulfide) groups is 1. The van der Waals surface area contributed by atoms with Crippen molar-refractivity contribution in [3.8, 4) is 0 Å². The number of benzene rings is 3. The zero-order chi connectivity index (χ0) is 22.0. The molecule has 9 heteroatoms. The Morgan fingerprint density at radius 2 is 1.74 bits per heavy atom. The molecule has 2 N–H and O–H groups in total. The summed E-state index contributed by atoms with van der Waals surface area (Å²) in [6.45, 7) is 0. The molecule has 5 nitrogen and oxygen atoms in total. The van der Waals surface area contributed by atoms with Crippen LogP contribution in [0.5, 0.6) is 0 Å². The number of nitrogens with zero attached hydrogens (tertiary/aromatic N) is 1. The molecule has 1 heterocycles. The third-order valence-electron chi connectivity index (χ3n) is 4.59. The second-order valence-corrected chi connectivity index (χ2v) is 7.78. The standard InChI is InChI=1S/C22H16F3N3O2S/c23-14-8-9-18(17(25)11-14)27-22(30)26-15-5-3-4-13(10-15)21-28(20(29)12-31-21)19-7-2-1-6-16(19)24/h1-11,21H,12H2,(H2,26,27,30)/t21-/m1/s1. The second kappa shape index (κ2) is 8.73. The Morgan fingerprint density at radius 1 is 0.935 bits per heavy atom. The van der Waals surface area contributed by atoms with E-state index in [1.807, 2.05) is 0 Å². The van der Waals surface area contributed by atoms with Crippen LogP contribution >= 0.6 is 11.8 Å². The van der Waals surface area contributed by atoms with Gasteiger partial charge in [0.05, 0.1) is 17.1 Å². The lowest BCUT2D eigenvalue weighted by Gasteiger charge is -2.25. The van der Waals surface area contributed by atoms with Crippen molar-refractivity contribution in [3.05, 3.63) is 89.7 Å². The Labute approximate surface area is 180 Å². The van der Waals surface area contributed by atoms with E-state index < -0.39 is 28.9 Å². The minimum absolute atomic E-state index is 0.169. The second-order valence-electron chi connectivity index (χ2n) is 6.71. The molecule has 1 atom stereocenters. The molecule has 3 amide bonds. The van der Waals surface area contributed by atoms with Gasteiger partial charge < -0.3 is 10.6 Å². The molecule has 0 unspecified atom stereocenters. The van der Waals surface area contributed by atoms with Crippen LogP contribution in [0.4, 0.5) is 35.0 Å². The van der Waals surface area contributed by atoms with Gasteiger partial charge in [-0.15, -0.1) is 11.8 Å². The first-order valence-electron chi connectivity index (χ1n) is 9.23. The normalized spacial score (nSPS) is 15.8. The van der Waals surface area contributed by atoms with Crippen molar-refractivity contribution in [1.29, 1.82) is 0 Å². The van der Waals surface area contributed by atoms with Crippen LogP contribution in [0.2, 0.25) is 0 Å². The van der Waals surface area contributed by atoms with Gasteiger partial charge >= 0.3 is 6.03 Å². The number of hydrogen-bond donors (Lipinski definition) is 2. The van der Waals surface area contributed by atoms with E-state index in [4.69, 9.17) is 0 Å². The number of para-hydroxylation sites is 1. The van der Waals surface area contributed by atoms with Gasteiger partial charge in [0.2, 0.25) is 5.91 Å². The van der Waals surface area contributed by atoms with Crippen molar-refractivity contribution in [3.63, 3.8) is 0 Å². The van der Waals surface area contributed by atoms with Crippen molar-refractivity contribution >= 4 is 40.8 Å². The molecule has 0 radical (unpaired) electrons. The number of carbonyl (C=O) groups is 2. The quantitative estimate of drug-likeness (QED) is 0.558. The maximum Gasteiger partial charge on any atom is 0.323 e. The van der Waals surface area contributed by atoms with Gasteiger partial charge in [-0.2, -0.15) is 0 Å². The van der Waals surface area contributed by atoms with Crippen LogP contribution in [0, 0.1) is 17.5 Å². The van der Waals surface area contributed by atoms with Gasteiger partial charge in [-0.1, -0.05) is 24.3 Å². The zero-order valence-corrected chi connectivity index (χ0v) is 16.8. The van der Waals surface area contributed by atoms with Gasteiger partial charge in [-0.05, 0) is 42.0 Å². The number of amides is 3. The van der Waals surface area contributed by atoms with Crippen molar-refractivity contribution in [1.82, 2.24) is 0 Å². The monoisotopic (exact) mass is 443 g/mol. The average molecular weight is 443 g/mol. The van der Waals surface area contributed by atoms with Crippen molar-refractivity contribution < 1.29 is 22.8 Å². The highest BCUT2D eigenvalue weighted by molar-refractivity contribution is 8.00. The molecule has 0 aliphatic carbocycles. The van der Waals surface area contributed by atoms with E-state index in [0.717, 1.165) is 12.1 Å². The van der Waals surface area contributed by atoms with Crippen LogP contribution in [0.1, 0.15) is 10.9 Å². The Morgan fingerprint density at radius 3 is 2.52 bits per heavy atom. The summed E-state index contributed by atoms with van der Waals surface area (Å²) in [6.07, 6.45) is 0. The number of rotatable bonds is 4. The van der Waals surface area contributed by atoms with Gasteiger partial charge in [0, 0.05) is 11.8 Å². The number of anilines is 3. The van der Waals surface area contributed by atoms with Crippen molar-refractivity contribution in [2.45, 2.75) is 5.37 Å². The Balaban J connectivity index is 1.53. The molecular weight excluding hydrogens is 427 g/mol. The van der Waals surface area contributed by atoms with E-state index >= 15 is 0 Å². The summed E-state index contributed by atoms with van der Waals surface area (Å²) < 4.78 is 41.0. The molecule has 3 aromatic carbocycles. The third-order valence-corrected chi connectivity index (χ3v) is 5.80. The van der Waals surface area contributed by atoms with E-state index in [0.29, 0.717) is 17.3 Å². The summed E-state index contributed by atoms with van der Waals surface area (Å²) in [5, 5.41) is 4.42. The Bertz CT molecular complexity index is 1160. The van der Waals surface area contributed by atoms with Crippen molar-refractivity contribution in [2.24, 2.45) is 0 Å². The number of urea groups is 1. The molecule has 1 aliphatic heterocycles. The van der Waals surface area contributed by atoms with Gasteiger partial charge in [0.1, 0.15) is 22.8 Å². The summed E-state index contributed by atoms with van der Waals surface area (Å²) in [5.74, 6) is -2.17. The maximum absolute atomic E-state index is 14.3. The number of hydrogen-bond acceptors (Lipinski definition) is 3. The zero-order valence-electron chi connectivity index (χ0n) is 15.9. The third kappa shape index (κ3) is 4.51. The van der Waals surface area contributed by atoms with Crippen LogP contribution < -0.4 is 15.5 Å². The largest absolute Gasteiger partial charge is 0.323 e. The molecule has 4 rings (SSSR count). The predicted molar refractivity (Wildman–Crippen MR) is 115 cm³/mol. The van der Waals surface area contributed by atoms with Crippen molar-refractivity contribution in [2.75, 3.05) is 21.3 Å². The SMILES string of the molecule is O=C(Nc1cccc([C@H]2SCC(=O)N2c2ccccc2F)c1)Nc1ccc(F)cc1F. The minimum atomic E-state index is -0.898. The molecular formula is C22H16F3N3O2S. The van der Waals surface area contributed by atoms with E-state index in [1.54, 1.807) is 42.5 Å². The average Bonchev–Trinajstić information content (AvgIpc) is 3.12. The first-order chi connectivity index (χ1) is 14.9. The summed E-state index contributed by atoms with van der Waals surface area (Å²) in [7, 11) is 0. The van der Waals surface area contributed by atoms with Gasteiger partial charge in [-0.3, -0.25) is 9.69 Å². The molecule has 0 aromatic heterocycles. The van der Waals surface area contributed by atoms with Crippen LogP contribution in [0.3, 0.4) is 0 Å². The van der Waals surface area contributed by atoms with E-state index in [-0.39, 0.29) is 23.0 Å². The number of carbonyl (C=O) groups excluding carboxylic acids is 2. The lowest BCUT2D eigenvalue weighted by molar-refractivity contribution is -0.115. The lowest BCUT2D eigenvalue weighted by Crippen LogP contribution is -2.28. The molecule has 3 aromatic rings. The van der Waals surface area contributed by atoms with E-state index in [1.165, 1.54) is 22.7 Å². The molecule has 158 valence electrons. The lowest BCUT2D eigenvalue weighted by atomic mass is 10.1. The molecule has 31 heavy (non-hydrogen) atoms. The first kappa shape index (κ1) is 20.8. The van der Waals surface area contributed by atoms with Crippen LogP contribution in [-0.4, -0.2) is 17.7 Å². The first-order valence-corrected chi connectivity index (χ1v) is 10.3. The molecule has 0 saturated carbocycles. The summed E-state index contributed by atoms with van der Waals surface area (Å²) in [6, 6.07) is 14.9. The molecule has 1 saturated heterocycles. The van der Waals surface area contributed by atoms with Gasteiger partial charge in [0.15, 0.2) is 0 Å². The summed E-state index contributed by atoms with van der Waals surface area (Å²) in [5.41, 5.74) is 1.10. The fourth-order valence-corrected chi connectivity index (χ4v) is 4.38. The van der Waals surface area contributed by atoms with Crippen LogP contribution in [0.25, 0.3) is 0 Å². The Hall–Kier alpha value is -3.46. The molecule has 0 spiro atoms. The Kier molecular flexibility index (Phi) is 5.85. The van der Waals surface area contributed by atoms with E-state index in [9.17, 15) is 22.8 Å². The topological polar surface area (TPSA) is 61.4 Å². The van der Waals surface area contributed by atoms with Gasteiger partial charge in [0.25, 0.3) is 0 Å². The fourth-order valence-electron chi connectivity index (χ4n) is 3.22. The molecule has 1 fully saturated rings. The number of halogens is 3. The fraction of sp³-hybridized carbons (Fsp3) is 0.0909. The van der Waals surface area contributed by atoms with E-state index in [2.05, 4.69) is 10.6 Å². The highest BCUT2D eigenvalue weighted by Crippen LogP contribution is 2.42.